The number of ketones is 1. The second-order valence-corrected chi connectivity index (χ2v) is 8.12. The lowest BCUT2D eigenvalue weighted by molar-refractivity contribution is 0.101. The van der Waals surface area contributed by atoms with E-state index < -0.39 is 0 Å². The van der Waals surface area contributed by atoms with Gasteiger partial charge in [-0.25, -0.2) is 0 Å². The summed E-state index contributed by atoms with van der Waals surface area (Å²) in [6.07, 6.45) is 5.10. The number of methoxy groups -OCH3 is 3. The molecule has 1 atom stereocenters. The highest BCUT2D eigenvalue weighted by atomic mass is 16.5. The number of allylic oxidation sites excluding steroid dienone is 1. The van der Waals surface area contributed by atoms with E-state index in [0.29, 0.717) is 52.3 Å². The summed E-state index contributed by atoms with van der Waals surface area (Å²) in [6, 6.07) is 7.13. The minimum Gasteiger partial charge on any atom is -0.507 e. The van der Waals surface area contributed by atoms with Gasteiger partial charge in [-0.3, -0.25) is 9.69 Å². The molecule has 0 bridgehead atoms. The fourth-order valence-electron chi connectivity index (χ4n) is 4.42. The van der Waals surface area contributed by atoms with Crippen molar-refractivity contribution in [2.75, 3.05) is 27.9 Å². The fourth-order valence-corrected chi connectivity index (χ4v) is 4.42. The third-order valence-electron chi connectivity index (χ3n) is 6.24. The van der Waals surface area contributed by atoms with Gasteiger partial charge in [-0.05, 0) is 56.7 Å². The van der Waals surface area contributed by atoms with Crippen LogP contribution >= 0.6 is 0 Å². The molecule has 0 amide bonds. The summed E-state index contributed by atoms with van der Waals surface area (Å²) in [5.41, 5.74) is 1.72. The van der Waals surface area contributed by atoms with Crippen molar-refractivity contribution in [2.24, 2.45) is 0 Å². The summed E-state index contributed by atoms with van der Waals surface area (Å²) in [5.74, 6) is 1.91. The Balaban J connectivity index is 1.70. The number of benzene rings is 2. The SMILES string of the molecule is COc1ccc(/C=C2\Oc3c(ccc(O)c3CN3CCCCC3C)C2=O)c(OC)c1OC. The molecule has 0 saturated carbocycles. The van der Waals surface area contributed by atoms with E-state index in [2.05, 4.69) is 11.8 Å². The fraction of sp³-hybridized carbons (Fsp3) is 0.400. The van der Waals surface area contributed by atoms with Gasteiger partial charge in [-0.1, -0.05) is 6.42 Å². The average Bonchev–Trinajstić information content (AvgIpc) is 3.11. The van der Waals surface area contributed by atoms with E-state index in [9.17, 15) is 9.90 Å². The molecule has 1 N–H and O–H groups in total. The third-order valence-corrected chi connectivity index (χ3v) is 6.24. The van der Waals surface area contributed by atoms with Gasteiger partial charge in [0.05, 0.1) is 32.5 Å². The number of phenolic OH excluding ortho intramolecular Hbond substituents is 1. The van der Waals surface area contributed by atoms with Gasteiger partial charge in [-0.2, -0.15) is 0 Å². The Hall–Kier alpha value is -3.19. The summed E-state index contributed by atoms with van der Waals surface area (Å²) in [5, 5.41) is 10.6. The number of Topliss-reactive ketones (excluding diaryl/α,β-unsaturated/α-hetero) is 1. The normalized spacial score (nSPS) is 19.6. The molecular weight excluding hydrogens is 410 g/mol. The topological polar surface area (TPSA) is 77.5 Å². The maximum absolute atomic E-state index is 13.1. The molecule has 2 aliphatic rings. The maximum atomic E-state index is 13.1. The molecule has 2 aromatic rings. The average molecular weight is 440 g/mol. The molecule has 2 aliphatic heterocycles. The Labute approximate surface area is 188 Å². The van der Waals surface area contributed by atoms with Gasteiger partial charge in [0, 0.05) is 18.2 Å². The van der Waals surface area contributed by atoms with Crippen molar-refractivity contribution in [1.29, 1.82) is 0 Å². The van der Waals surface area contributed by atoms with E-state index in [1.54, 1.807) is 37.5 Å². The third kappa shape index (κ3) is 3.88. The summed E-state index contributed by atoms with van der Waals surface area (Å²) < 4.78 is 22.3. The first-order valence-electron chi connectivity index (χ1n) is 10.8. The standard InChI is InChI=1S/C25H29NO6/c1-15-7-5-6-12-26(15)14-18-19(27)10-9-17-22(28)21(32-24(17)18)13-16-8-11-20(29-2)25(31-4)23(16)30-3/h8-11,13,15,27H,5-7,12,14H2,1-4H3/b21-13-. The Morgan fingerprint density at radius 3 is 2.56 bits per heavy atom. The number of carbonyl (C=O) groups is 1. The lowest BCUT2D eigenvalue weighted by Gasteiger charge is -2.33. The largest absolute Gasteiger partial charge is 0.507 e. The molecule has 1 fully saturated rings. The number of aromatic hydroxyl groups is 1. The molecule has 0 aromatic heterocycles. The number of piperidine rings is 1. The van der Waals surface area contributed by atoms with Crippen molar-refractivity contribution in [1.82, 2.24) is 4.90 Å². The summed E-state index contributed by atoms with van der Waals surface area (Å²) in [6.45, 7) is 3.69. The van der Waals surface area contributed by atoms with Crippen LogP contribution in [-0.2, 0) is 6.54 Å². The molecule has 170 valence electrons. The van der Waals surface area contributed by atoms with Crippen molar-refractivity contribution in [3.63, 3.8) is 0 Å². The van der Waals surface area contributed by atoms with E-state index in [0.717, 1.165) is 19.4 Å². The Bertz CT molecular complexity index is 1060. The van der Waals surface area contributed by atoms with Gasteiger partial charge < -0.3 is 24.1 Å². The first kappa shape index (κ1) is 22.0. The molecule has 0 radical (unpaired) electrons. The number of ether oxygens (including phenoxy) is 4. The van der Waals surface area contributed by atoms with Crippen LogP contribution in [0.15, 0.2) is 30.0 Å². The van der Waals surface area contributed by atoms with Gasteiger partial charge in [0.2, 0.25) is 11.5 Å². The molecule has 0 spiro atoms. The van der Waals surface area contributed by atoms with Crippen LogP contribution in [0, 0.1) is 0 Å². The second kappa shape index (κ2) is 9.12. The molecule has 0 aliphatic carbocycles. The van der Waals surface area contributed by atoms with Crippen molar-refractivity contribution < 1.29 is 28.8 Å². The van der Waals surface area contributed by atoms with Crippen LogP contribution in [-0.4, -0.2) is 49.7 Å². The number of fused-ring (bicyclic) bond motifs is 1. The van der Waals surface area contributed by atoms with Crippen molar-refractivity contribution in [3.8, 4) is 28.7 Å². The smallest absolute Gasteiger partial charge is 0.231 e. The molecule has 1 unspecified atom stereocenters. The molecule has 4 rings (SSSR count). The highest BCUT2D eigenvalue weighted by Gasteiger charge is 2.33. The van der Waals surface area contributed by atoms with Crippen LogP contribution < -0.4 is 18.9 Å². The van der Waals surface area contributed by atoms with E-state index >= 15 is 0 Å². The van der Waals surface area contributed by atoms with Crippen molar-refractivity contribution in [2.45, 2.75) is 38.8 Å². The molecule has 2 aromatic carbocycles. The summed E-state index contributed by atoms with van der Waals surface area (Å²) >= 11 is 0. The van der Waals surface area contributed by atoms with Crippen LogP contribution in [0.25, 0.3) is 6.08 Å². The molecule has 32 heavy (non-hydrogen) atoms. The zero-order valence-electron chi connectivity index (χ0n) is 18.9. The van der Waals surface area contributed by atoms with Gasteiger partial charge in [0.1, 0.15) is 11.5 Å². The second-order valence-electron chi connectivity index (χ2n) is 8.12. The highest BCUT2D eigenvalue weighted by Crippen LogP contribution is 2.44. The highest BCUT2D eigenvalue weighted by molar-refractivity contribution is 6.15. The molecule has 7 nitrogen and oxygen atoms in total. The number of rotatable bonds is 6. The van der Waals surface area contributed by atoms with Crippen LogP contribution in [0.4, 0.5) is 0 Å². The first-order valence-corrected chi connectivity index (χ1v) is 10.8. The zero-order chi connectivity index (χ0) is 22.8. The minimum atomic E-state index is -0.232. The van der Waals surface area contributed by atoms with E-state index in [4.69, 9.17) is 18.9 Å². The van der Waals surface area contributed by atoms with Gasteiger partial charge in [-0.15, -0.1) is 0 Å². The minimum absolute atomic E-state index is 0.138. The van der Waals surface area contributed by atoms with Gasteiger partial charge in [0.25, 0.3) is 0 Å². The number of carbonyl (C=O) groups excluding carboxylic acids is 1. The molecule has 7 heteroatoms. The molecule has 2 heterocycles. The van der Waals surface area contributed by atoms with Crippen LogP contribution in [0.2, 0.25) is 0 Å². The van der Waals surface area contributed by atoms with Crippen molar-refractivity contribution >= 4 is 11.9 Å². The predicted molar refractivity (Wildman–Crippen MR) is 121 cm³/mol. The molecule has 1 saturated heterocycles. The van der Waals surface area contributed by atoms with Gasteiger partial charge >= 0.3 is 0 Å². The predicted octanol–water partition coefficient (Wildman–Crippen LogP) is 4.41. The maximum Gasteiger partial charge on any atom is 0.231 e. The van der Waals surface area contributed by atoms with Crippen LogP contribution in [0.3, 0.4) is 0 Å². The van der Waals surface area contributed by atoms with E-state index in [-0.39, 0.29) is 17.3 Å². The number of hydrogen-bond donors (Lipinski definition) is 1. The number of likely N-dealkylation sites (tertiary alicyclic amines) is 1. The Morgan fingerprint density at radius 2 is 1.88 bits per heavy atom. The first-order chi connectivity index (χ1) is 15.5. The quantitative estimate of drug-likeness (QED) is 0.668. The number of phenols is 1. The van der Waals surface area contributed by atoms with Crippen molar-refractivity contribution in [3.05, 3.63) is 46.7 Å². The van der Waals surface area contributed by atoms with E-state index in [1.165, 1.54) is 20.6 Å². The summed E-state index contributed by atoms with van der Waals surface area (Å²) in [7, 11) is 4.61. The van der Waals surface area contributed by atoms with E-state index in [1.807, 2.05) is 0 Å². The van der Waals surface area contributed by atoms with Crippen LogP contribution in [0.5, 0.6) is 28.7 Å². The van der Waals surface area contributed by atoms with Crippen LogP contribution in [0.1, 0.15) is 47.7 Å². The monoisotopic (exact) mass is 439 g/mol. The lowest BCUT2D eigenvalue weighted by atomic mass is 10.0. The number of nitrogens with zero attached hydrogens (tertiary/aromatic N) is 1. The summed E-state index contributed by atoms with van der Waals surface area (Å²) in [4.78, 5) is 15.4. The van der Waals surface area contributed by atoms with Gasteiger partial charge in [0.15, 0.2) is 17.3 Å². The lowest BCUT2D eigenvalue weighted by Crippen LogP contribution is -2.36. The number of hydrogen-bond acceptors (Lipinski definition) is 7. The zero-order valence-corrected chi connectivity index (χ0v) is 18.9. The Morgan fingerprint density at radius 1 is 1.09 bits per heavy atom. The Kier molecular flexibility index (Phi) is 6.28. The molecular formula is C25H29NO6.